The molecule has 0 radical (unpaired) electrons. The molecule has 1 aromatic heterocycles. The zero-order chi connectivity index (χ0) is 16.8. The third-order valence-corrected chi connectivity index (χ3v) is 3.94. The number of ether oxygens (including phenoxy) is 1. The van der Waals surface area contributed by atoms with Gasteiger partial charge in [-0.15, -0.1) is 0 Å². The highest BCUT2D eigenvalue weighted by Gasteiger charge is 2.01. The number of nitrogens with one attached hydrogen (secondary N) is 1. The van der Waals surface area contributed by atoms with E-state index >= 15 is 0 Å². The maximum Gasteiger partial charge on any atom is 0.248 e. The number of nitrogens with zero attached hydrogens (tertiary/aromatic N) is 1. The Bertz CT molecular complexity index is 843. The number of hydrogen-bond acceptors (Lipinski definition) is 3. The molecule has 0 aliphatic heterocycles. The van der Waals surface area contributed by atoms with Crippen LogP contribution in [0, 0.1) is 0 Å². The molecule has 0 fully saturated rings. The molecule has 1 heterocycles. The van der Waals surface area contributed by atoms with Gasteiger partial charge in [-0.05, 0) is 43.3 Å². The van der Waals surface area contributed by atoms with Crippen LogP contribution in [0.5, 0.6) is 5.75 Å². The summed E-state index contributed by atoms with van der Waals surface area (Å²) in [4.78, 5) is 16.4. The van der Waals surface area contributed by atoms with Crippen molar-refractivity contribution in [3.8, 4) is 5.75 Å². The van der Waals surface area contributed by atoms with Gasteiger partial charge in [0.2, 0.25) is 5.56 Å². The number of rotatable bonds is 7. The Kier molecular flexibility index (Phi) is 5.29. The molecule has 4 heteroatoms. The molecule has 0 aliphatic carbocycles. The van der Waals surface area contributed by atoms with Crippen LogP contribution in [0.15, 0.2) is 65.5 Å². The average molecular weight is 322 g/mol. The fourth-order valence-electron chi connectivity index (χ4n) is 2.72. The summed E-state index contributed by atoms with van der Waals surface area (Å²) in [7, 11) is 2.12. The van der Waals surface area contributed by atoms with Crippen molar-refractivity contribution in [3.05, 3.63) is 76.6 Å². The smallest absolute Gasteiger partial charge is 0.248 e. The van der Waals surface area contributed by atoms with Crippen LogP contribution >= 0.6 is 0 Å². The van der Waals surface area contributed by atoms with Gasteiger partial charge in [0.25, 0.3) is 0 Å². The van der Waals surface area contributed by atoms with Gasteiger partial charge >= 0.3 is 0 Å². The Morgan fingerprint density at radius 1 is 1.04 bits per heavy atom. The van der Waals surface area contributed by atoms with Crippen molar-refractivity contribution in [2.75, 3.05) is 20.2 Å². The van der Waals surface area contributed by atoms with Crippen LogP contribution in [-0.2, 0) is 6.54 Å². The van der Waals surface area contributed by atoms with Crippen molar-refractivity contribution in [1.82, 2.24) is 9.88 Å². The van der Waals surface area contributed by atoms with E-state index in [1.54, 1.807) is 0 Å². The zero-order valence-corrected chi connectivity index (χ0v) is 13.9. The molecule has 0 atom stereocenters. The second-order valence-electron chi connectivity index (χ2n) is 6.00. The first kappa shape index (κ1) is 16.3. The van der Waals surface area contributed by atoms with E-state index in [1.165, 1.54) is 11.6 Å². The van der Waals surface area contributed by atoms with Crippen molar-refractivity contribution in [3.63, 3.8) is 0 Å². The van der Waals surface area contributed by atoms with Crippen molar-refractivity contribution >= 4 is 10.9 Å². The number of aromatic nitrogens is 1. The fourth-order valence-corrected chi connectivity index (χ4v) is 2.72. The SMILES string of the molecule is CN(CCCOc1ccc2[nH]c(=O)ccc2c1)Cc1ccccc1. The van der Waals surface area contributed by atoms with Gasteiger partial charge in [0.05, 0.1) is 6.61 Å². The molecular weight excluding hydrogens is 300 g/mol. The normalized spacial score (nSPS) is 11.1. The summed E-state index contributed by atoms with van der Waals surface area (Å²) in [6.45, 7) is 2.61. The Hall–Kier alpha value is -2.59. The molecule has 0 saturated carbocycles. The van der Waals surface area contributed by atoms with Crippen LogP contribution in [0.25, 0.3) is 10.9 Å². The topological polar surface area (TPSA) is 45.3 Å². The molecule has 0 unspecified atom stereocenters. The third-order valence-electron chi connectivity index (χ3n) is 3.94. The second kappa shape index (κ2) is 7.79. The fraction of sp³-hybridized carbons (Fsp3) is 0.250. The second-order valence-corrected chi connectivity index (χ2v) is 6.00. The first-order valence-electron chi connectivity index (χ1n) is 8.19. The summed E-state index contributed by atoms with van der Waals surface area (Å²) in [6.07, 6.45) is 0.965. The molecule has 0 amide bonds. The molecule has 4 nitrogen and oxygen atoms in total. The zero-order valence-electron chi connectivity index (χ0n) is 13.9. The van der Waals surface area contributed by atoms with E-state index in [-0.39, 0.29) is 5.56 Å². The summed E-state index contributed by atoms with van der Waals surface area (Å²) < 4.78 is 5.83. The summed E-state index contributed by atoms with van der Waals surface area (Å²) in [5, 5.41) is 0.980. The van der Waals surface area contributed by atoms with Crippen LogP contribution in [-0.4, -0.2) is 30.1 Å². The minimum absolute atomic E-state index is 0.0855. The lowest BCUT2D eigenvalue weighted by molar-refractivity contribution is 0.259. The van der Waals surface area contributed by atoms with E-state index in [4.69, 9.17) is 4.74 Å². The predicted octanol–water partition coefficient (Wildman–Crippen LogP) is 3.43. The molecule has 0 saturated heterocycles. The van der Waals surface area contributed by atoms with E-state index in [0.29, 0.717) is 6.61 Å². The monoisotopic (exact) mass is 322 g/mol. The summed E-state index contributed by atoms with van der Waals surface area (Å²) in [6, 6.07) is 19.5. The van der Waals surface area contributed by atoms with Crippen LogP contribution < -0.4 is 10.3 Å². The largest absolute Gasteiger partial charge is 0.494 e. The van der Waals surface area contributed by atoms with E-state index in [1.807, 2.05) is 30.3 Å². The highest BCUT2D eigenvalue weighted by Crippen LogP contribution is 2.18. The van der Waals surface area contributed by atoms with E-state index in [0.717, 1.165) is 36.2 Å². The average Bonchev–Trinajstić information content (AvgIpc) is 2.59. The van der Waals surface area contributed by atoms with Crippen LogP contribution in [0.2, 0.25) is 0 Å². The minimum Gasteiger partial charge on any atom is -0.494 e. The number of hydrogen-bond donors (Lipinski definition) is 1. The maximum atomic E-state index is 11.3. The first-order valence-corrected chi connectivity index (χ1v) is 8.19. The molecule has 124 valence electrons. The number of aromatic amines is 1. The Labute approximate surface area is 141 Å². The van der Waals surface area contributed by atoms with Gasteiger partial charge in [-0.3, -0.25) is 4.79 Å². The quantitative estimate of drug-likeness (QED) is 0.678. The summed E-state index contributed by atoms with van der Waals surface area (Å²) >= 11 is 0. The highest BCUT2D eigenvalue weighted by atomic mass is 16.5. The van der Waals surface area contributed by atoms with Crippen LogP contribution in [0.4, 0.5) is 0 Å². The Morgan fingerprint density at radius 2 is 1.88 bits per heavy atom. The lowest BCUT2D eigenvalue weighted by Crippen LogP contribution is -2.20. The van der Waals surface area contributed by atoms with Gasteiger partial charge in [-0.2, -0.15) is 0 Å². The van der Waals surface area contributed by atoms with Crippen molar-refractivity contribution in [1.29, 1.82) is 0 Å². The van der Waals surface area contributed by atoms with Crippen molar-refractivity contribution in [2.24, 2.45) is 0 Å². The number of pyridine rings is 1. The molecular formula is C20H22N2O2. The standard InChI is InChI=1S/C20H22N2O2/c1-22(15-16-6-3-2-4-7-16)12-5-13-24-18-9-10-19-17(14-18)8-11-20(23)21-19/h2-4,6-11,14H,5,12-13,15H2,1H3,(H,21,23). The summed E-state index contributed by atoms with van der Waals surface area (Å²) in [5.74, 6) is 0.834. The minimum atomic E-state index is -0.0855. The molecule has 24 heavy (non-hydrogen) atoms. The van der Waals surface area contributed by atoms with Gasteiger partial charge in [-0.25, -0.2) is 0 Å². The number of benzene rings is 2. The molecule has 0 aliphatic rings. The van der Waals surface area contributed by atoms with E-state index in [9.17, 15) is 4.79 Å². The highest BCUT2D eigenvalue weighted by molar-refractivity contribution is 5.79. The molecule has 0 bridgehead atoms. The molecule has 1 N–H and O–H groups in total. The molecule has 3 aromatic rings. The summed E-state index contributed by atoms with van der Waals surface area (Å²) in [5.41, 5.74) is 2.07. The van der Waals surface area contributed by atoms with Gasteiger partial charge < -0.3 is 14.6 Å². The lowest BCUT2D eigenvalue weighted by atomic mass is 10.2. The molecule has 2 aromatic carbocycles. The van der Waals surface area contributed by atoms with Crippen molar-refractivity contribution < 1.29 is 4.74 Å². The Morgan fingerprint density at radius 3 is 2.71 bits per heavy atom. The van der Waals surface area contributed by atoms with Crippen molar-refractivity contribution in [2.45, 2.75) is 13.0 Å². The van der Waals surface area contributed by atoms with Gasteiger partial charge in [-0.1, -0.05) is 30.3 Å². The van der Waals surface area contributed by atoms with Gasteiger partial charge in [0.1, 0.15) is 5.75 Å². The van der Waals surface area contributed by atoms with E-state index in [2.05, 4.69) is 41.2 Å². The van der Waals surface area contributed by atoms with Crippen LogP contribution in [0.3, 0.4) is 0 Å². The Balaban J connectivity index is 1.46. The molecule has 3 rings (SSSR count). The van der Waals surface area contributed by atoms with Crippen LogP contribution in [0.1, 0.15) is 12.0 Å². The third kappa shape index (κ3) is 4.46. The van der Waals surface area contributed by atoms with Gasteiger partial charge in [0.15, 0.2) is 0 Å². The van der Waals surface area contributed by atoms with Gasteiger partial charge in [0, 0.05) is 30.1 Å². The number of H-pyrrole nitrogens is 1. The predicted molar refractivity (Wildman–Crippen MR) is 97.5 cm³/mol. The van der Waals surface area contributed by atoms with E-state index < -0.39 is 0 Å². The first-order chi connectivity index (χ1) is 11.7. The number of fused-ring (bicyclic) bond motifs is 1. The maximum absolute atomic E-state index is 11.3. The molecule has 0 spiro atoms. The lowest BCUT2D eigenvalue weighted by Gasteiger charge is -2.16.